The molecule has 3 heteroatoms. The number of aryl methyl sites for hydroxylation is 1. The topological polar surface area (TPSA) is 43.1 Å². The zero-order valence-corrected chi connectivity index (χ0v) is 10.7. The first-order chi connectivity index (χ1) is 9.15. The summed E-state index contributed by atoms with van der Waals surface area (Å²) in [5.74, 6) is 0. The molecule has 0 aliphatic heterocycles. The van der Waals surface area contributed by atoms with Gasteiger partial charge in [0.2, 0.25) is 0 Å². The molecule has 0 atom stereocenters. The summed E-state index contributed by atoms with van der Waals surface area (Å²) in [5, 5.41) is 11.1. The molecule has 2 aromatic carbocycles. The molecule has 0 aliphatic carbocycles. The largest absolute Gasteiger partial charge is 0.259 e. The summed E-state index contributed by atoms with van der Waals surface area (Å²) >= 11 is 0. The van der Waals surface area contributed by atoms with Crippen molar-refractivity contribution in [2.75, 3.05) is 0 Å². The van der Waals surface area contributed by atoms with Crippen molar-refractivity contribution in [2.24, 2.45) is 0 Å². The van der Waals surface area contributed by atoms with E-state index in [9.17, 15) is 10.1 Å². The molecule has 0 fully saturated rings. The number of hydrogen-bond donors (Lipinski definition) is 0. The summed E-state index contributed by atoms with van der Waals surface area (Å²) in [7, 11) is 0. The first-order valence-electron chi connectivity index (χ1n) is 6.11. The van der Waals surface area contributed by atoms with Crippen molar-refractivity contribution in [3.05, 3.63) is 87.1 Å². The van der Waals surface area contributed by atoms with Gasteiger partial charge in [0.15, 0.2) is 0 Å². The minimum Gasteiger partial charge on any atom is -0.259 e. The van der Waals surface area contributed by atoms with Crippen LogP contribution < -0.4 is 0 Å². The summed E-state index contributed by atoms with van der Waals surface area (Å²) < 4.78 is 0. The number of rotatable bonds is 4. The van der Waals surface area contributed by atoms with Gasteiger partial charge in [-0.3, -0.25) is 10.1 Å². The lowest BCUT2D eigenvalue weighted by Gasteiger charge is -2.00. The Bertz CT molecular complexity index is 586. The lowest BCUT2D eigenvalue weighted by molar-refractivity contribution is -0.425. The Kier molecular flexibility index (Phi) is 4.08. The van der Waals surface area contributed by atoms with E-state index in [1.807, 2.05) is 61.5 Å². The Balaban J connectivity index is 2.25. The van der Waals surface area contributed by atoms with Crippen molar-refractivity contribution in [1.82, 2.24) is 0 Å². The van der Waals surface area contributed by atoms with Gasteiger partial charge in [-0.15, -0.1) is 0 Å². The average molecular weight is 253 g/mol. The van der Waals surface area contributed by atoms with Gasteiger partial charge in [-0.05, 0) is 18.1 Å². The van der Waals surface area contributed by atoms with E-state index in [1.54, 1.807) is 6.08 Å². The normalized spacial score (nSPS) is 11.3. The zero-order chi connectivity index (χ0) is 13.7. The molecular weight excluding hydrogens is 238 g/mol. The number of nitro groups is 1. The summed E-state index contributed by atoms with van der Waals surface area (Å²) in [6, 6.07) is 17.2. The molecule has 2 aromatic rings. The van der Waals surface area contributed by atoms with Crippen molar-refractivity contribution < 1.29 is 4.92 Å². The highest BCUT2D eigenvalue weighted by molar-refractivity contribution is 5.52. The highest BCUT2D eigenvalue weighted by Crippen LogP contribution is 2.14. The second-order valence-corrected chi connectivity index (χ2v) is 4.47. The summed E-state index contributed by atoms with van der Waals surface area (Å²) in [6.07, 6.45) is 1.97. The van der Waals surface area contributed by atoms with Crippen LogP contribution in [0.4, 0.5) is 0 Å². The molecule has 0 saturated carbocycles. The standard InChI is InChI=1S/C16H15NO2/c1-13-7-9-15(10-8-13)12-16(17(18)19)11-14-5-3-2-4-6-14/h2-10,12H,11H2,1H3/b16-12+. The van der Waals surface area contributed by atoms with Gasteiger partial charge in [-0.1, -0.05) is 60.2 Å². The molecule has 0 saturated heterocycles. The fourth-order valence-corrected chi connectivity index (χ4v) is 1.83. The molecule has 96 valence electrons. The number of hydrogen-bond acceptors (Lipinski definition) is 2. The third-order valence-electron chi connectivity index (χ3n) is 2.87. The van der Waals surface area contributed by atoms with Crippen LogP contribution in [-0.2, 0) is 6.42 Å². The smallest absolute Gasteiger partial charge is 0.251 e. The quantitative estimate of drug-likeness (QED) is 0.613. The fraction of sp³-hybridized carbons (Fsp3) is 0.125. The minimum absolute atomic E-state index is 0.204. The maximum atomic E-state index is 11.1. The highest BCUT2D eigenvalue weighted by Gasteiger charge is 2.11. The molecule has 0 radical (unpaired) electrons. The Morgan fingerprint density at radius 3 is 2.32 bits per heavy atom. The minimum atomic E-state index is -0.313. The lowest BCUT2D eigenvalue weighted by Crippen LogP contribution is -2.02. The maximum Gasteiger partial charge on any atom is 0.251 e. The van der Waals surface area contributed by atoms with Crippen LogP contribution in [0.25, 0.3) is 6.08 Å². The highest BCUT2D eigenvalue weighted by atomic mass is 16.6. The molecule has 19 heavy (non-hydrogen) atoms. The summed E-state index contributed by atoms with van der Waals surface area (Å²) in [5.41, 5.74) is 3.14. The predicted octanol–water partition coefficient (Wildman–Crippen LogP) is 3.86. The van der Waals surface area contributed by atoms with E-state index in [4.69, 9.17) is 0 Å². The van der Waals surface area contributed by atoms with Gasteiger partial charge in [0.25, 0.3) is 5.70 Å². The van der Waals surface area contributed by atoms with E-state index >= 15 is 0 Å². The average Bonchev–Trinajstić information content (AvgIpc) is 2.41. The first kappa shape index (κ1) is 13.0. The van der Waals surface area contributed by atoms with Crippen molar-refractivity contribution in [3.8, 4) is 0 Å². The zero-order valence-electron chi connectivity index (χ0n) is 10.7. The third kappa shape index (κ3) is 3.78. The maximum absolute atomic E-state index is 11.1. The Hall–Kier alpha value is -2.42. The number of nitrogens with zero attached hydrogens (tertiary/aromatic N) is 1. The third-order valence-corrected chi connectivity index (χ3v) is 2.87. The van der Waals surface area contributed by atoms with Crippen LogP contribution in [0.15, 0.2) is 60.3 Å². The van der Waals surface area contributed by atoms with Crippen molar-refractivity contribution in [1.29, 1.82) is 0 Å². The van der Waals surface area contributed by atoms with E-state index in [0.29, 0.717) is 6.42 Å². The Labute approximate surface area is 112 Å². The van der Waals surface area contributed by atoms with E-state index in [1.165, 1.54) is 0 Å². The molecule has 0 bridgehead atoms. The van der Waals surface area contributed by atoms with Gasteiger partial charge in [-0.25, -0.2) is 0 Å². The van der Waals surface area contributed by atoms with Gasteiger partial charge in [0, 0.05) is 6.08 Å². The SMILES string of the molecule is Cc1ccc(/C=C(\Cc2ccccc2)[N+](=O)[O-])cc1. The van der Waals surface area contributed by atoms with Crippen LogP contribution in [-0.4, -0.2) is 4.92 Å². The second kappa shape index (κ2) is 5.96. The van der Waals surface area contributed by atoms with Crippen LogP contribution in [0, 0.1) is 17.0 Å². The molecule has 0 aromatic heterocycles. The van der Waals surface area contributed by atoms with Crippen LogP contribution in [0.3, 0.4) is 0 Å². The van der Waals surface area contributed by atoms with Crippen LogP contribution in [0.2, 0.25) is 0 Å². The van der Waals surface area contributed by atoms with Crippen LogP contribution in [0.1, 0.15) is 16.7 Å². The predicted molar refractivity (Wildman–Crippen MR) is 76.3 cm³/mol. The van der Waals surface area contributed by atoms with Gasteiger partial charge < -0.3 is 0 Å². The summed E-state index contributed by atoms with van der Waals surface area (Å²) in [6.45, 7) is 1.99. The Morgan fingerprint density at radius 1 is 1.11 bits per heavy atom. The molecule has 3 nitrogen and oxygen atoms in total. The second-order valence-electron chi connectivity index (χ2n) is 4.47. The molecule has 0 spiro atoms. The van der Waals surface area contributed by atoms with Gasteiger partial charge >= 0.3 is 0 Å². The Morgan fingerprint density at radius 2 is 1.74 bits per heavy atom. The van der Waals surface area contributed by atoms with E-state index in [2.05, 4.69) is 0 Å². The number of allylic oxidation sites excluding steroid dienone is 1. The first-order valence-corrected chi connectivity index (χ1v) is 6.11. The number of benzene rings is 2. The van der Waals surface area contributed by atoms with Crippen LogP contribution >= 0.6 is 0 Å². The molecular formula is C16H15NO2. The van der Waals surface area contributed by atoms with Crippen molar-refractivity contribution in [2.45, 2.75) is 13.3 Å². The monoisotopic (exact) mass is 253 g/mol. The van der Waals surface area contributed by atoms with Crippen molar-refractivity contribution >= 4 is 6.08 Å². The van der Waals surface area contributed by atoms with E-state index < -0.39 is 0 Å². The summed E-state index contributed by atoms with van der Waals surface area (Å²) in [4.78, 5) is 10.8. The van der Waals surface area contributed by atoms with Crippen LogP contribution in [0.5, 0.6) is 0 Å². The van der Waals surface area contributed by atoms with Gasteiger partial charge in [0.1, 0.15) is 0 Å². The van der Waals surface area contributed by atoms with E-state index in [0.717, 1.165) is 16.7 Å². The fourth-order valence-electron chi connectivity index (χ4n) is 1.83. The molecule has 0 heterocycles. The molecule has 0 amide bonds. The molecule has 2 rings (SSSR count). The lowest BCUT2D eigenvalue weighted by atomic mass is 10.1. The van der Waals surface area contributed by atoms with Gasteiger partial charge in [-0.2, -0.15) is 0 Å². The molecule has 0 unspecified atom stereocenters. The molecule has 0 aliphatic rings. The van der Waals surface area contributed by atoms with Gasteiger partial charge in [0.05, 0.1) is 11.3 Å². The van der Waals surface area contributed by atoms with Crippen molar-refractivity contribution in [3.63, 3.8) is 0 Å². The molecule has 0 N–H and O–H groups in total. The van der Waals surface area contributed by atoms with E-state index in [-0.39, 0.29) is 10.6 Å².